The number of nitrogens with zero attached hydrogens (tertiary/aromatic N) is 3. The quantitative estimate of drug-likeness (QED) is 0.744. The topological polar surface area (TPSA) is 64.1 Å². The van der Waals surface area contributed by atoms with Crippen LogP contribution in [-0.4, -0.2) is 83.5 Å². The van der Waals surface area contributed by atoms with Crippen molar-refractivity contribution in [2.75, 3.05) is 46.3 Å². The molecule has 1 unspecified atom stereocenters. The van der Waals surface area contributed by atoms with Crippen molar-refractivity contribution in [3.63, 3.8) is 0 Å². The van der Waals surface area contributed by atoms with Gasteiger partial charge in [-0.3, -0.25) is 14.5 Å². The van der Waals surface area contributed by atoms with Gasteiger partial charge in [0.1, 0.15) is 0 Å². The van der Waals surface area contributed by atoms with Crippen LogP contribution >= 0.6 is 0 Å². The van der Waals surface area contributed by atoms with E-state index in [1.807, 2.05) is 16.8 Å². The van der Waals surface area contributed by atoms with Crippen LogP contribution in [0.5, 0.6) is 0 Å². The first-order chi connectivity index (χ1) is 14.4. The van der Waals surface area contributed by atoms with E-state index in [2.05, 4.69) is 4.90 Å². The molecule has 0 radical (unpaired) electrons. The van der Waals surface area contributed by atoms with Gasteiger partial charge >= 0.3 is 0 Å². The van der Waals surface area contributed by atoms with Crippen LogP contribution < -0.4 is 0 Å². The lowest BCUT2D eigenvalue weighted by Crippen LogP contribution is -2.65. The predicted octanol–water partition coefficient (Wildman–Crippen LogP) is 2.64. The van der Waals surface area contributed by atoms with Gasteiger partial charge in [0.25, 0.3) is 0 Å². The number of β-amino-alcohol motifs (C(OH)–C–C–N with tert-alkyl or cyclic N) is 1. The Bertz CT molecular complexity index is 627. The average molecular weight is 420 g/mol. The monoisotopic (exact) mass is 419 g/mol. The molecule has 6 nitrogen and oxygen atoms in total. The lowest BCUT2D eigenvalue weighted by molar-refractivity contribution is -0.169. The maximum Gasteiger partial charge on any atom is 0.236 e. The maximum atomic E-state index is 13.0. The zero-order valence-electron chi connectivity index (χ0n) is 18.9. The lowest BCUT2D eigenvalue weighted by Gasteiger charge is -2.54. The minimum Gasteiger partial charge on any atom is -0.387 e. The minimum absolute atomic E-state index is 0.122. The van der Waals surface area contributed by atoms with Gasteiger partial charge < -0.3 is 14.9 Å². The average Bonchev–Trinajstić information content (AvgIpc) is 3.21. The molecule has 30 heavy (non-hydrogen) atoms. The van der Waals surface area contributed by atoms with Crippen molar-refractivity contribution < 1.29 is 14.7 Å². The Morgan fingerprint density at radius 1 is 1.03 bits per heavy atom. The number of carbonyl (C=O) groups is 2. The fourth-order valence-corrected chi connectivity index (χ4v) is 6.58. The Morgan fingerprint density at radius 2 is 1.77 bits per heavy atom. The summed E-state index contributed by atoms with van der Waals surface area (Å²) in [6.45, 7) is 3.73. The number of aliphatic hydroxyl groups is 1. The first-order valence-corrected chi connectivity index (χ1v) is 12.4. The first-order valence-electron chi connectivity index (χ1n) is 12.4. The molecule has 2 saturated heterocycles. The van der Waals surface area contributed by atoms with Crippen LogP contribution in [0.2, 0.25) is 0 Å². The van der Waals surface area contributed by atoms with Crippen LogP contribution in [0.1, 0.15) is 77.0 Å². The molecule has 4 rings (SSSR count). The summed E-state index contributed by atoms with van der Waals surface area (Å²) in [6, 6.07) is 0. The van der Waals surface area contributed by atoms with Crippen molar-refractivity contribution in [3.05, 3.63) is 0 Å². The van der Waals surface area contributed by atoms with Gasteiger partial charge in [-0.2, -0.15) is 0 Å². The highest BCUT2D eigenvalue weighted by molar-refractivity contribution is 5.79. The number of hydrogen-bond donors (Lipinski definition) is 1. The van der Waals surface area contributed by atoms with Crippen LogP contribution in [-0.2, 0) is 9.59 Å². The Hall–Kier alpha value is -1.14. The molecule has 4 fully saturated rings. The molecule has 2 aliphatic heterocycles. The Balaban J connectivity index is 1.39. The van der Waals surface area contributed by atoms with E-state index < -0.39 is 5.60 Å². The largest absolute Gasteiger partial charge is 0.387 e. The smallest absolute Gasteiger partial charge is 0.236 e. The van der Waals surface area contributed by atoms with E-state index in [4.69, 9.17) is 0 Å². The summed E-state index contributed by atoms with van der Waals surface area (Å²) in [5.74, 6) is 1.13. The van der Waals surface area contributed by atoms with Crippen molar-refractivity contribution in [2.45, 2.75) is 82.7 Å². The number of amides is 2. The third-order valence-corrected chi connectivity index (χ3v) is 8.64. The summed E-state index contributed by atoms with van der Waals surface area (Å²) in [7, 11) is 1.97. The highest BCUT2D eigenvalue weighted by atomic mass is 16.3. The van der Waals surface area contributed by atoms with Gasteiger partial charge in [0.2, 0.25) is 11.8 Å². The first kappa shape index (κ1) is 22.1. The number of carbonyl (C=O) groups excluding carboxylic acids is 2. The molecular formula is C24H41N3O3. The van der Waals surface area contributed by atoms with E-state index >= 15 is 0 Å². The summed E-state index contributed by atoms with van der Waals surface area (Å²) in [4.78, 5) is 31.6. The van der Waals surface area contributed by atoms with Gasteiger partial charge in [-0.15, -0.1) is 0 Å². The van der Waals surface area contributed by atoms with Crippen molar-refractivity contribution >= 4 is 11.8 Å². The van der Waals surface area contributed by atoms with Crippen molar-refractivity contribution in [1.29, 1.82) is 0 Å². The second-order valence-electron chi connectivity index (χ2n) is 10.7. The van der Waals surface area contributed by atoms with Gasteiger partial charge in [-0.1, -0.05) is 44.9 Å². The zero-order valence-corrected chi connectivity index (χ0v) is 18.9. The van der Waals surface area contributed by atoms with E-state index in [1.165, 1.54) is 32.1 Å². The molecule has 2 aliphatic carbocycles. The normalized spacial score (nSPS) is 30.9. The molecule has 1 atom stereocenters. The van der Waals surface area contributed by atoms with Crippen LogP contribution in [0, 0.1) is 11.3 Å². The van der Waals surface area contributed by atoms with Gasteiger partial charge in [0.15, 0.2) is 0 Å². The summed E-state index contributed by atoms with van der Waals surface area (Å²) in [6.07, 6.45) is 13.0. The van der Waals surface area contributed by atoms with Crippen LogP contribution in [0.4, 0.5) is 0 Å². The SMILES string of the molecule is CN1CCN(CC2(O)CCN(C(=O)CCC3CCCCC3)CC23CCCC3)C(=O)C1. The van der Waals surface area contributed by atoms with E-state index in [9.17, 15) is 14.7 Å². The van der Waals surface area contributed by atoms with Gasteiger partial charge in [-0.25, -0.2) is 0 Å². The number of piperidine rings is 1. The fraction of sp³-hybridized carbons (Fsp3) is 0.917. The Kier molecular flexibility index (Phi) is 6.73. The third-order valence-electron chi connectivity index (χ3n) is 8.64. The van der Waals surface area contributed by atoms with Crippen molar-refractivity contribution in [2.24, 2.45) is 11.3 Å². The standard InChI is InChI=1S/C24H41N3O3/c1-25-15-16-27(22(29)17-25)19-24(30)13-14-26(18-23(24)11-5-6-12-23)21(28)10-9-20-7-3-2-4-8-20/h20,30H,2-19H2,1H3. The van der Waals surface area contributed by atoms with Crippen LogP contribution in [0.25, 0.3) is 0 Å². The zero-order chi connectivity index (χ0) is 21.2. The number of likely N-dealkylation sites (tertiary alicyclic amines) is 1. The van der Waals surface area contributed by atoms with Crippen molar-refractivity contribution in [3.8, 4) is 0 Å². The molecule has 4 aliphatic rings. The second-order valence-corrected chi connectivity index (χ2v) is 10.7. The van der Waals surface area contributed by atoms with Gasteiger partial charge in [0.05, 0.1) is 18.7 Å². The molecule has 0 bridgehead atoms. The highest BCUT2D eigenvalue weighted by Crippen LogP contribution is 2.51. The van der Waals surface area contributed by atoms with Gasteiger partial charge in [-0.05, 0) is 38.6 Å². The molecule has 2 amide bonds. The lowest BCUT2D eigenvalue weighted by atomic mass is 9.65. The van der Waals surface area contributed by atoms with Crippen LogP contribution in [0.15, 0.2) is 0 Å². The summed E-state index contributed by atoms with van der Waals surface area (Å²) < 4.78 is 0. The molecule has 0 aromatic heterocycles. The summed E-state index contributed by atoms with van der Waals surface area (Å²) in [5.41, 5.74) is -1.11. The summed E-state index contributed by atoms with van der Waals surface area (Å²) in [5, 5.41) is 11.8. The molecule has 0 aromatic rings. The summed E-state index contributed by atoms with van der Waals surface area (Å²) >= 11 is 0. The molecule has 2 saturated carbocycles. The Morgan fingerprint density at radius 3 is 2.47 bits per heavy atom. The minimum atomic E-state index is -0.866. The molecular weight excluding hydrogens is 378 g/mol. The molecule has 2 heterocycles. The Labute approximate surface area is 182 Å². The predicted molar refractivity (Wildman–Crippen MR) is 117 cm³/mol. The molecule has 0 aromatic carbocycles. The number of likely N-dealkylation sites (N-methyl/N-ethyl adjacent to an activating group) is 1. The van der Waals surface area contributed by atoms with Crippen molar-refractivity contribution in [1.82, 2.24) is 14.7 Å². The number of rotatable bonds is 5. The number of piperazine rings is 1. The van der Waals surface area contributed by atoms with Crippen LogP contribution in [0.3, 0.4) is 0 Å². The van der Waals surface area contributed by atoms with E-state index in [1.54, 1.807) is 0 Å². The van der Waals surface area contributed by atoms with E-state index in [0.717, 1.165) is 44.6 Å². The molecule has 1 N–H and O–H groups in total. The van der Waals surface area contributed by atoms with E-state index in [-0.39, 0.29) is 17.2 Å². The second kappa shape index (κ2) is 9.15. The maximum absolute atomic E-state index is 13.0. The highest BCUT2D eigenvalue weighted by Gasteiger charge is 2.56. The fourth-order valence-electron chi connectivity index (χ4n) is 6.58. The molecule has 6 heteroatoms. The third kappa shape index (κ3) is 4.55. The van der Waals surface area contributed by atoms with E-state index in [0.29, 0.717) is 45.6 Å². The van der Waals surface area contributed by atoms with Gasteiger partial charge in [0, 0.05) is 38.0 Å². The number of hydrogen-bond acceptors (Lipinski definition) is 4. The molecule has 170 valence electrons. The molecule has 1 spiro atoms.